The SMILES string of the molecule is COc1ccccc1Oc1ccc(NC(=O)CCC2CCCN2)cc1. The molecule has 2 aromatic rings. The van der Waals surface area contributed by atoms with Crippen LogP contribution in [0.15, 0.2) is 48.5 Å². The maximum Gasteiger partial charge on any atom is 0.224 e. The van der Waals surface area contributed by atoms with Crippen LogP contribution in [-0.2, 0) is 4.79 Å². The van der Waals surface area contributed by atoms with Gasteiger partial charge in [0.05, 0.1) is 7.11 Å². The average Bonchev–Trinajstić information content (AvgIpc) is 3.16. The fraction of sp³-hybridized carbons (Fsp3) is 0.350. The lowest BCUT2D eigenvalue weighted by Crippen LogP contribution is -2.23. The molecule has 0 radical (unpaired) electrons. The van der Waals surface area contributed by atoms with Crippen LogP contribution in [0.1, 0.15) is 25.7 Å². The molecule has 1 unspecified atom stereocenters. The summed E-state index contributed by atoms with van der Waals surface area (Å²) >= 11 is 0. The maximum absolute atomic E-state index is 12.0. The minimum absolute atomic E-state index is 0.0482. The number of anilines is 1. The molecule has 1 aliphatic rings. The van der Waals surface area contributed by atoms with Gasteiger partial charge in [-0.15, -0.1) is 0 Å². The number of rotatable bonds is 7. The Morgan fingerprint density at radius 1 is 1.16 bits per heavy atom. The molecule has 5 heteroatoms. The number of amides is 1. The summed E-state index contributed by atoms with van der Waals surface area (Å²) in [5, 5.41) is 6.34. The Kier molecular flexibility index (Phi) is 5.90. The summed E-state index contributed by atoms with van der Waals surface area (Å²) < 4.78 is 11.1. The molecule has 1 amide bonds. The minimum Gasteiger partial charge on any atom is -0.493 e. The van der Waals surface area contributed by atoms with Gasteiger partial charge in [0.25, 0.3) is 0 Å². The number of methoxy groups -OCH3 is 1. The van der Waals surface area contributed by atoms with Gasteiger partial charge in [0.2, 0.25) is 5.91 Å². The highest BCUT2D eigenvalue weighted by molar-refractivity contribution is 5.90. The van der Waals surface area contributed by atoms with Crippen molar-refractivity contribution in [3.8, 4) is 17.2 Å². The number of carbonyl (C=O) groups is 1. The Morgan fingerprint density at radius 2 is 1.92 bits per heavy atom. The average molecular weight is 340 g/mol. The topological polar surface area (TPSA) is 59.6 Å². The predicted octanol–water partition coefficient (Wildman–Crippen LogP) is 3.96. The van der Waals surface area contributed by atoms with Crippen molar-refractivity contribution in [3.05, 3.63) is 48.5 Å². The summed E-state index contributed by atoms with van der Waals surface area (Å²) in [5.74, 6) is 2.08. The lowest BCUT2D eigenvalue weighted by molar-refractivity contribution is -0.116. The Bertz CT molecular complexity index is 694. The number of hydrogen-bond acceptors (Lipinski definition) is 4. The Hall–Kier alpha value is -2.53. The number of carbonyl (C=O) groups excluding carboxylic acids is 1. The fourth-order valence-corrected chi connectivity index (χ4v) is 2.97. The highest BCUT2D eigenvalue weighted by Gasteiger charge is 2.15. The molecule has 3 rings (SSSR count). The summed E-state index contributed by atoms with van der Waals surface area (Å²) in [4.78, 5) is 12.0. The van der Waals surface area contributed by atoms with Crippen molar-refractivity contribution in [3.63, 3.8) is 0 Å². The van der Waals surface area contributed by atoms with Crippen LogP contribution in [0, 0.1) is 0 Å². The van der Waals surface area contributed by atoms with Gasteiger partial charge >= 0.3 is 0 Å². The van der Waals surface area contributed by atoms with Crippen molar-refractivity contribution >= 4 is 11.6 Å². The molecule has 2 aromatic carbocycles. The van der Waals surface area contributed by atoms with E-state index in [2.05, 4.69) is 10.6 Å². The molecule has 1 aliphatic heterocycles. The van der Waals surface area contributed by atoms with Crippen molar-refractivity contribution in [2.24, 2.45) is 0 Å². The first-order valence-corrected chi connectivity index (χ1v) is 8.69. The Balaban J connectivity index is 1.52. The van der Waals surface area contributed by atoms with Gasteiger partial charge in [-0.1, -0.05) is 12.1 Å². The molecule has 1 atom stereocenters. The van der Waals surface area contributed by atoms with E-state index in [1.165, 1.54) is 12.8 Å². The minimum atomic E-state index is 0.0482. The maximum atomic E-state index is 12.0. The molecule has 5 nitrogen and oxygen atoms in total. The fourth-order valence-electron chi connectivity index (χ4n) is 2.97. The predicted molar refractivity (Wildman–Crippen MR) is 98.4 cm³/mol. The van der Waals surface area contributed by atoms with Crippen molar-refractivity contribution < 1.29 is 14.3 Å². The highest BCUT2D eigenvalue weighted by Crippen LogP contribution is 2.31. The summed E-state index contributed by atoms with van der Waals surface area (Å²) in [6, 6.07) is 15.3. The quantitative estimate of drug-likeness (QED) is 0.801. The molecular formula is C20H24N2O3. The van der Waals surface area contributed by atoms with E-state index in [9.17, 15) is 4.79 Å². The van der Waals surface area contributed by atoms with Crippen molar-refractivity contribution in [1.29, 1.82) is 0 Å². The van der Waals surface area contributed by atoms with Crippen LogP contribution in [0.5, 0.6) is 17.2 Å². The third kappa shape index (κ3) is 4.97. The van der Waals surface area contributed by atoms with Gasteiger partial charge in [0, 0.05) is 18.2 Å². The van der Waals surface area contributed by atoms with Gasteiger partial charge in [-0.05, 0) is 62.2 Å². The third-order valence-electron chi connectivity index (χ3n) is 4.32. The molecular weight excluding hydrogens is 316 g/mol. The van der Waals surface area contributed by atoms with Crippen LogP contribution in [-0.4, -0.2) is 25.6 Å². The van der Waals surface area contributed by atoms with E-state index in [1.54, 1.807) is 7.11 Å². The first kappa shape index (κ1) is 17.3. The lowest BCUT2D eigenvalue weighted by atomic mass is 10.1. The highest BCUT2D eigenvalue weighted by atomic mass is 16.5. The second-order valence-corrected chi connectivity index (χ2v) is 6.16. The number of ether oxygens (including phenoxy) is 2. The summed E-state index contributed by atoms with van der Waals surface area (Å²) in [6.45, 7) is 1.07. The number of hydrogen-bond donors (Lipinski definition) is 2. The summed E-state index contributed by atoms with van der Waals surface area (Å²) in [6.07, 6.45) is 3.81. The lowest BCUT2D eigenvalue weighted by Gasteiger charge is -2.12. The molecule has 0 aromatic heterocycles. The largest absolute Gasteiger partial charge is 0.493 e. The molecule has 2 N–H and O–H groups in total. The first-order valence-electron chi connectivity index (χ1n) is 8.69. The van der Waals surface area contributed by atoms with E-state index in [4.69, 9.17) is 9.47 Å². The van der Waals surface area contributed by atoms with Crippen LogP contribution < -0.4 is 20.1 Å². The molecule has 1 heterocycles. The first-order chi connectivity index (χ1) is 12.2. The van der Waals surface area contributed by atoms with Gasteiger partial charge in [0.1, 0.15) is 5.75 Å². The standard InChI is InChI=1S/C20H24N2O3/c1-24-18-6-2-3-7-19(18)25-17-11-8-16(9-12-17)22-20(23)13-10-15-5-4-14-21-15/h2-3,6-9,11-12,15,21H,4-5,10,13-14H2,1H3,(H,22,23). The van der Waals surface area contributed by atoms with Gasteiger partial charge in [0.15, 0.2) is 11.5 Å². The number of nitrogens with one attached hydrogen (secondary N) is 2. The van der Waals surface area contributed by atoms with E-state index >= 15 is 0 Å². The zero-order valence-corrected chi connectivity index (χ0v) is 14.5. The van der Waals surface area contributed by atoms with Crippen molar-refractivity contribution in [1.82, 2.24) is 5.32 Å². The molecule has 0 aliphatic carbocycles. The van der Waals surface area contributed by atoms with Crippen molar-refractivity contribution in [2.75, 3.05) is 19.0 Å². The molecule has 1 saturated heterocycles. The second kappa shape index (κ2) is 8.53. The van der Waals surface area contributed by atoms with Crippen LogP contribution in [0.2, 0.25) is 0 Å². The van der Waals surface area contributed by atoms with E-state index in [0.717, 1.165) is 18.7 Å². The van der Waals surface area contributed by atoms with E-state index in [0.29, 0.717) is 29.7 Å². The molecule has 1 fully saturated rings. The third-order valence-corrected chi connectivity index (χ3v) is 4.32. The van der Waals surface area contributed by atoms with Crippen molar-refractivity contribution in [2.45, 2.75) is 31.7 Å². The van der Waals surface area contributed by atoms with Gasteiger partial charge < -0.3 is 20.1 Å². The number of benzene rings is 2. The molecule has 0 bridgehead atoms. The smallest absolute Gasteiger partial charge is 0.224 e. The molecule has 0 saturated carbocycles. The molecule has 25 heavy (non-hydrogen) atoms. The van der Waals surface area contributed by atoms with Crippen LogP contribution in [0.4, 0.5) is 5.69 Å². The van der Waals surface area contributed by atoms with Gasteiger partial charge in [-0.25, -0.2) is 0 Å². The van der Waals surface area contributed by atoms with E-state index in [-0.39, 0.29) is 5.91 Å². The van der Waals surface area contributed by atoms with Crippen LogP contribution in [0.3, 0.4) is 0 Å². The second-order valence-electron chi connectivity index (χ2n) is 6.16. The summed E-state index contributed by atoms with van der Waals surface area (Å²) in [5.41, 5.74) is 0.775. The normalized spacial score (nSPS) is 16.4. The summed E-state index contributed by atoms with van der Waals surface area (Å²) in [7, 11) is 1.61. The number of para-hydroxylation sites is 2. The van der Waals surface area contributed by atoms with Gasteiger partial charge in [-0.3, -0.25) is 4.79 Å². The molecule has 0 spiro atoms. The Morgan fingerprint density at radius 3 is 2.60 bits per heavy atom. The van der Waals surface area contributed by atoms with Crippen LogP contribution >= 0.6 is 0 Å². The van der Waals surface area contributed by atoms with Crippen LogP contribution in [0.25, 0.3) is 0 Å². The zero-order valence-electron chi connectivity index (χ0n) is 14.5. The Labute approximate surface area is 148 Å². The molecule has 132 valence electrons. The van der Waals surface area contributed by atoms with E-state index < -0.39 is 0 Å². The zero-order chi connectivity index (χ0) is 17.5. The van der Waals surface area contributed by atoms with E-state index in [1.807, 2.05) is 48.5 Å². The van der Waals surface area contributed by atoms with Gasteiger partial charge in [-0.2, -0.15) is 0 Å². The monoisotopic (exact) mass is 340 g/mol.